The number of fused-ring (bicyclic) bond motifs is 1. The molecule has 2 aromatic heterocycles. The number of carbonyl (C=O) groups excluding carboxylic acids is 1. The molecule has 6 heteroatoms. The molecule has 0 unspecified atom stereocenters. The van der Waals surface area contributed by atoms with Crippen LogP contribution in [0.4, 0.5) is 0 Å². The first-order valence-electron chi connectivity index (χ1n) is 7.61. The number of likely N-dealkylation sites (tertiary alicyclic amines) is 1. The summed E-state index contributed by atoms with van der Waals surface area (Å²) in [4.78, 5) is 30.2. The molecule has 1 N–H and O–H groups in total. The number of amides is 1. The van der Waals surface area contributed by atoms with Crippen LogP contribution in [0.1, 0.15) is 23.2 Å². The van der Waals surface area contributed by atoms with Crippen molar-refractivity contribution in [3.8, 4) is 11.3 Å². The predicted octanol–water partition coefficient (Wildman–Crippen LogP) is 2.75. The second-order valence-electron chi connectivity index (χ2n) is 6.33. The first-order valence-corrected chi connectivity index (χ1v) is 8.56. The summed E-state index contributed by atoms with van der Waals surface area (Å²) in [7, 11) is 0. The van der Waals surface area contributed by atoms with Crippen molar-refractivity contribution in [1.29, 1.82) is 0 Å². The number of carbonyl (C=O) groups is 2. The Morgan fingerprint density at radius 3 is 2.74 bits per heavy atom. The predicted molar refractivity (Wildman–Crippen MR) is 86.2 cm³/mol. The van der Waals surface area contributed by atoms with Crippen LogP contribution in [-0.4, -0.2) is 40.0 Å². The molecule has 5 nitrogen and oxygen atoms in total. The number of nitrogens with zero attached hydrogens (tertiary/aromatic N) is 2. The third-order valence-corrected chi connectivity index (χ3v) is 5.86. The normalized spacial score (nSPS) is 25.7. The van der Waals surface area contributed by atoms with Gasteiger partial charge in [0.1, 0.15) is 0 Å². The molecular weight excluding hydrogens is 312 g/mol. The average molecular weight is 328 g/mol. The highest BCUT2D eigenvalue weighted by Gasteiger charge is 2.59. The number of aromatic nitrogens is 1. The Labute approximate surface area is 137 Å². The fourth-order valence-electron chi connectivity index (χ4n) is 3.63. The highest BCUT2D eigenvalue weighted by atomic mass is 32.1. The van der Waals surface area contributed by atoms with Gasteiger partial charge in [-0.15, -0.1) is 0 Å². The van der Waals surface area contributed by atoms with Crippen molar-refractivity contribution >= 4 is 23.2 Å². The van der Waals surface area contributed by atoms with Gasteiger partial charge in [0.2, 0.25) is 0 Å². The van der Waals surface area contributed by atoms with E-state index >= 15 is 0 Å². The number of hydrogen-bond donors (Lipinski definition) is 1. The molecule has 0 bridgehead atoms. The Bertz CT molecular complexity index is 757. The van der Waals surface area contributed by atoms with Crippen molar-refractivity contribution in [1.82, 2.24) is 9.88 Å². The van der Waals surface area contributed by atoms with E-state index < -0.39 is 11.4 Å². The van der Waals surface area contributed by atoms with Gasteiger partial charge in [-0.2, -0.15) is 11.3 Å². The molecule has 4 rings (SSSR count). The maximum atomic E-state index is 12.6. The van der Waals surface area contributed by atoms with Gasteiger partial charge in [-0.1, -0.05) is 0 Å². The van der Waals surface area contributed by atoms with Gasteiger partial charge in [-0.25, -0.2) is 0 Å². The van der Waals surface area contributed by atoms with Gasteiger partial charge >= 0.3 is 5.97 Å². The molecule has 2 aromatic rings. The summed E-state index contributed by atoms with van der Waals surface area (Å²) in [6, 6.07) is 5.60. The minimum Gasteiger partial charge on any atom is -0.481 e. The summed E-state index contributed by atoms with van der Waals surface area (Å²) in [5.74, 6) is -0.790. The zero-order chi connectivity index (χ0) is 16.0. The van der Waals surface area contributed by atoms with Crippen molar-refractivity contribution in [2.75, 3.05) is 13.1 Å². The smallest absolute Gasteiger partial charge is 0.311 e. The van der Waals surface area contributed by atoms with Crippen LogP contribution in [0.5, 0.6) is 0 Å². The SMILES string of the molecule is O=C(c1ccc(-c2ccsc2)nc1)N1C[C@@H]2CC[C@]2(C(=O)O)C1. The second-order valence-corrected chi connectivity index (χ2v) is 7.11. The number of aliphatic carboxylic acids is 1. The molecule has 0 radical (unpaired) electrons. The lowest BCUT2D eigenvalue weighted by molar-refractivity contribution is -0.156. The Balaban J connectivity index is 1.53. The van der Waals surface area contributed by atoms with Gasteiger partial charge in [-0.3, -0.25) is 14.6 Å². The Morgan fingerprint density at radius 2 is 2.22 bits per heavy atom. The Morgan fingerprint density at radius 1 is 1.35 bits per heavy atom. The minimum atomic E-state index is -0.769. The van der Waals surface area contributed by atoms with Crippen molar-refractivity contribution in [3.63, 3.8) is 0 Å². The van der Waals surface area contributed by atoms with Crippen LogP contribution >= 0.6 is 11.3 Å². The molecule has 0 spiro atoms. The van der Waals surface area contributed by atoms with E-state index in [0.29, 0.717) is 25.1 Å². The van der Waals surface area contributed by atoms with Gasteiger partial charge in [0.15, 0.2) is 0 Å². The summed E-state index contributed by atoms with van der Waals surface area (Å²) < 4.78 is 0. The maximum Gasteiger partial charge on any atom is 0.311 e. The lowest BCUT2D eigenvalue weighted by Gasteiger charge is -2.39. The van der Waals surface area contributed by atoms with Crippen molar-refractivity contribution < 1.29 is 14.7 Å². The molecule has 2 fully saturated rings. The van der Waals surface area contributed by atoms with Crippen LogP contribution in [0.15, 0.2) is 35.2 Å². The molecule has 3 heterocycles. The third-order valence-electron chi connectivity index (χ3n) is 5.17. The number of pyridine rings is 1. The summed E-state index contributed by atoms with van der Waals surface area (Å²) in [6.07, 6.45) is 3.15. The molecule has 118 valence electrons. The first kappa shape index (κ1) is 14.4. The minimum absolute atomic E-state index is 0.0991. The largest absolute Gasteiger partial charge is 0.481 e. The number of rotatable bonds is 3. The van der Waals surface area contributed by atoms with Crippen LogP contribution < -0.4 is 0 Å². The quantitative estimate of drug-likeness (QED) is 0.940. The van der Waals surface area contributed by atoms with Gasteiger partial charge in [0.05, 0.1) is 16.7 Å². The van der Waals surface area contributed by atoms with E-state index in [1.54, 1.807) is 28.5 Å². The topological polar surface area (TPSA) is 70.5 Å². The van der Waals surface area contributed by atoms with E-state index in [1.807, 2.05) is 22.9 Å². The fourth-order valence-corrected chi connectivity index (χ4v) is 4.28. The van der Waals surface area contributed by atoms with Gasteiger partial charge < -0.3 is 10.0 Å². The summed E-state index contributed by atoms with van der Waals surface area (Å²) in [5.41, 5.74) is 1.69. The van der Waals surface area contributed by atoms with Crippen LogP contribution in [0.3, 0.4) is 0 Å². The number of thiophene rings is 1. The van der Waals surface area contributed by atoms with E-state index in [9.17, 15) is 14.7 Å². The molecule has 23 heavy (non-hydrogen) atoms. The van der Waals surface area contributed by atoms with Crippen LogP contribution in [0.25, 0.3) is 11.3 Å². The summed E-state index contributed by atoms with van der Waals surface area (Å²) in [6.45, 7) is 0.857. The molecule has 0 aromatic carbocycles. The monoisotopic (exact) mass is 328 g/mol. The van der Waals surface area contributed by atoms with Crippen LogP contribution in [0, 0.1) is 11.3 Å². The average Bonchev–Trinajstić information content (AvgIpc) is 3.15. The molecular formula is C17H16N2O3S. The van der Waals surface area contributed by atoms with Crippen LogP contribution in [-0.2, 0) is 4.79 Å². The van der Waals surface area contributed by atoms with Crippen molar-refractivity contribution in [2.45, 2.75) is 12.8 Å². The molecule has 2 atom stereocenters. The van der Waals surface area contributed by atoms with Crippen LogP contribution in [0.2, 0.25) is 0 Å². The second kappa shape index (κ2) is 5.16. The first-order chi connectivity index (χ1) is 11.1. The Kier molecular flexibility index (Phi) is 3.23. The van der Waals surface area contributed by atoms with Crippen molar-refractivity contribution in [2.24, 2.45) is 11.3 Å². The molecule has 1 aliphatic heterocycles. The zero-order valence-electron chi connectivity index (χ0n) is 12.4. The van der Waals surface area contributed by atoms with E-state index in [2.05, 4.69) is 4.98 Å². The molecule has 1 aliphatic carbocycles. The highest BCUT2D eigenvalue weighted by Crippen LogP contribution is 2.52. The number of carboxylic acid groups (broad SMARTS) is 1. The summed E-state index contributed by atoms with van der Waals surface area (Å²) in [5, 5.41) is 13.5. The standard InChI is InChI=1S/C17H16N2O3S/c20-15(19-8-13-3-5-17(13,10-19)16(21)22)11-1-2-14(18-7-11)12-4-6-23-9-12/h1-2,4,6-7,9,13H,3,5,8,10H2,(H,21,22)/t13-,17-/m0/s1. The van der Waals surface area contributed by atoms with E-state index in [0.717, 1.165) is 17.7 Å². The zero-order valence-corrected chi connectivity index (χ0v) is 13.3. The highest BCUT2D eigenvalue weighted by molar-refractivity contribution is 7.08. The lowest BCUT2D eigenvalue weighted by Crippen LogP contribution is -2.46. The summed E-state index contributed by atoms with van der Waals surface area (Å²) >= 11 is 1.60. The molecule has 1 amide bonds. The molecule has 1 saturated carbocycles. The van der Waals surface area contributed by atoms with Gasteiger partial charge in [-0.05, 0) is 42.3 Å². The fraction of sp³-hybridized carbons (Fsp3) is 0.353. The van der Waals surface area contributed by atoms with Gasteiger partial charge in [0, 0.05) is 30.2 Å². The van der Waals surface area contributed by atoms with E-state index in [1.165, 1.54) is 0 Å². The lowest BCUT2D eigenvalue weighted by atomic mass is 9.62. The van der Waals surface area contributed by atoms with E-state index in [-0.39, 0.29) is 11.8 Å². The Hall–Kier alpha value is -2.21. The molecule has 1 saturated heterocycles. The third kappa shape index (κ3) is 2.16. The maximum absolute atomic E-state index is 12.6. The number of carboxylic acids is 1. The molecule has 2 aliphatic rings. The number of hydrogen-bond acceptors (Lipinski definition) is 4. The van der Waals surface area contributed by atoms with E-state index in [4.69, 9.17) is 0 Å². The van der Waals surface area contributed by atoms with Crippen molar-refractivity contribution in [3.05, 3.63) is 40.7 Å². The van der Waals surface area contributed by atoms with Gasteiger partial charge in [0.25, 0.3) is 5.91 Å².